The molecule has 0 bridgehead atoms. The molecule has 18 aromatic carbocycles. The number of rotatable bonds is 10. The van der Waals surface area contributed by atoms with Gasteiger partial charge in [0.25, 0.3) is 0 Å². The van der Waals surface area contributed by atoms with E-state index in [1.807, 2.05) is 59.9 Å². The molecule has 24 aromatic rings. The summed E-state index contributed by atoms with van der Waals surface area (Å²) in [5.41, 5.74) is 30.5. The van der Waals surface area contributed by atoms with E-state index in [1.165, 1.54) is 102 Å². The van der Waals surface area contributed by atoms with Crippen molar-refractivity contribution in [3.63, 3.8) is 0 Å². The van der Waals surface area contributed by atoms with Gasteiger partial charge in [0, 0.05) is 102 Å². The molecule has 24 rings (SSSR count). The summed E-state index contributed by atoms with van der Waals surface area (Å²) in [6, 6.07) is 148. The fourth-order valence-electron chi connectivity index (χ4n) is 18.4. The van der Waals surface area contributed by atoms with E-state index in [2.05, 4.69) is 382 Å². The lowest BCUT2D eigenvalue weighted by Gasteiger charge is -2.10. The van der Waals surface area contributed by atoms with Gasteiger partial charge in [0.15, 0.2) is 0 Å². The van der Waals surface area contributed by atoms with Crippen molar-refractivity contribution in [2.24, 2.45) is 0 Å². The highest BCUT2D eigenvalue weighted by molar-refractivity contribution is 7.26. The van der Waals surface area contributed by atoms with Crippen molar-refractivity contribution in [2.45, 2.75) is 0 Å². The van der Waals surface area contributed by atoms with Crippen LogP contribution in [0.15, 0.2) is 405 Å². The quantitative estimate of drug-likeness (QED) is 0.137. The number of nitrogens with zero attached hydrogens (tertiary/aromatic N) is 6. The summed E-state index contributed by atoms with van der Waals surface area (Å²) in [6.07, 6.45) is 0. The minimum atomic E-state index is 0.645. The first-order valence-corrected chi connectivity index (χ1v) is 40.6. The zero-order valence-electron chi connectivity index (χ0n) is 63.6. The molecule has 0 atom stereocenters. The zero-order valence-corrected chi connectivity index (χ0v) is 64.4. The van der Waals surface area contributed by atoms with Gasteiger partial charge in [-0.1, -0.05) is 237 Å². The first-order chi connectivity index (χ1) is 58.4. The van der Waals surface area contributed by atoms with Crippen molar-refractivity contribution in [3.05, 3.63) is 412 Å². The molecule has 0 spiro atoms. The van der Waals surface area contributed by atoms with Crippen LogP contribution in [-0.2, 0) is 0 Å². The van der Waals surface area contributed by atoms with Crippen LogP contribution in [0.4, 0.5) is 0 Å². The fraction of sp³-hybridized carbons (Fsp3) is 0. The molecule has 0 saturated carbocycles. The predicted octanol–water partition coefficient (Wildman–Crippen LogP) is 29.8. The topological polar surface area (TPSA) is 80.4 Å². The molecular weight excluding hydrogens is 1450 g/mol. The third-order valence-electron chi connectivity index (χ3n) is 23.9. The molecule has 0 radical (unpaired) electrons. The summed E-state index contributed by atoms with van der Waals surface area (Å²) in [5, 5.41) is 33.8. The highest BCUT2D eigenvalue weighted by Gasteiger charge is 2.23. The number of furan rings is 1. The van der Waals surface area contributed by atoms with E-state index in [4.69, 9.17) is 4.42 Å². The summed E-state index contributed by atoms with van der Waals surface area (Å²) in [4.78, 5) is 0. The summed E-state index contributed by atoms with van der Waals surface area (Å²) in [5.74, 6) is 0. The van der Waals surface area contributed by atoms with Crippen LogP contribution in [0.1, 0.15) is 11.1 Å². The van der Waals surface area contributed by atoms with Crippen molar-refractivity contribution in [2.75, 3.05) is 0 Å². The van der Waals surface area contributed by atoms with E-state index in [1.54, 1.807) is 0 Å². The number of aromatic nitrogens is 4. The Morgan fingerprint density at radius 3 is 1.08 bits per heavy atom. The van der Waals surface area contributed by atoms with E-state index in [-0.39, 0.29) is 0 Å². The highest BCUT2D eigenvalue weighted by Crippen LogP contribution is 2.47. The van der Waals surface area contributed by atoms with Gasteiger partial charge in [-0.25, -0.2) is 0 Å². The molecule has 0 aliphatic rings. The van der Waals surface area contributed by atoms with Gasteiger partial charge in [-0.2, -0.15) is 10.5 Å². The first kappa shape index (κ1) is 67.8. The van der Waals surface area contributed by atoms with Crippen molar-refractivity contribution in [1.29, 1.82) is 10.5 Å². The van der Waals surface area contributed by atoms with Crippen LogP contribution in [0.2, 0.25) is 0 Å². The Morgan fingerprint density at radius 2 is 0.559 bits per heavy atom. The second-order valence-electron chi connectivity index (χ2n) is 30.5. The van der Waals surface area contributed by atoms with Crippen molar-refractivity contribution in [1.82, 2.24) is 18.3 Å². The number of hydrogen-bond acceptors (Lipinski definition) is 4. The predicted molar refractivity (Wildman–Crippen MR) is 492 cm³/mol. The number of para-hydroxylation sites is 6. The van der Waals surface area contributed by atoms with Crippen LogP contribution in [0, 0.1) is 22.7 Å². The van der Waals surface area contributed by atoms with Crippen molar-refractivity contribution >= 4 is 141 Å². The minimum Gasteiger partial charge on any atom is -0.455 e. The van der Waals surface area contributed by atoms with E-state index in [9.17, 15) is 10.5 Å². The largest absolute Gasteiger partial charge is 0.455 e. The standard InChI is InChI=1S/C55H33N3O.C55H33N3S/c56-34-35-11-8-16-42(29-35)58-50-21-6-4-17-44(50)48-31-38(25-28-52(48)58)36-12-9-13-37(30-36)39-24-27-51-49(32-39)45-26-23-40(33-53(45)57(51)41-14-2-1-3-15-41)43-19-10-20-47-46-18-5-7-22-54(46)59-55(43)47;56-34-35-11-8-16-42(29-35)58-50-21-6-4-17-44(50)47-31-38(23-26-51(47)58)36-12-9-13-37(30-36)39-24-27-52-48(32-39)49-33-40(25-28-53(49)57(52)41-14-2-1-3-15-41)43-19-10-20-46-45-18-5-7-22-54(45)59-55(43)46/h2*1-33H. The lowest BCUT2D eigenvalue weighted by molar-refractivity contribution is 0.670. The molecule has 8 heteroatoms. The molecule has 0 N–H and O–H groups in total. The number of fused-ring (bicyclic) bond motifs is 18. The molecule has 0 saturated heterocycles. The van der Waals surface area contributed by atoms with Gasteiger partial charge < -0.3 is 22.7 Å². The molecule has 6 aromatic heterocycles. The van der Waals surface area contributed by atoms with Gasteiger partial charge >= 0.3 is 0 Å². The molecule has 0 unspecified atom stereocenters. The molecule has 0 amide bonds. The number of hydrogen-bond donors (Lipinski definition) is 0. The van der Waals surface area contributed by atoms with Crippen molar-refractivity contribution < 1.29 is 4.42 Å². The van der Waals surface area contributed by atoms with Gasteiger partial charge in [0.05, 0.1) is 67.4 Å². The highest BCUT2D eigenvalue weighted by atomic mass is 32.1. The molecule has 118 heavy (non-hydrogen) atoms. The summed E-state index contributed by atoms with van der Waals surface area (Å²) in [7, 11) is 0. The molecule has 6 heterocycles. The van der Waals surface area contributed by atoms with Crippen LogP contribution in [0.3, 0.4) is 0 Å². The molecule has 7 nitrogen and oxygen atoms in total. The molecule has 0 aliphatic carbocycles. The Balaban J connectivity index is 0.000000138. The second kappa shape index (κ2) is 27.5. The maximum atomic E-state index is 9.65. The molecule has 0 aliphatic heterocycles. The number of nitriles is 2. The number of benzene rings is 18. The van der Waals surface area contributed by atoms with Gasteiger partial charge in [-0.15, -0.1) is 11.3 Å². The summed E-state index contributed by atoms with van der Waals surface area (Å²) < 4.78 is 18.4. The van der Waals surface area contributed by atoms with Crippen LogP contribution in [-0.4, -0.2) is 18.3 Å². The fourth-order valence-corrected chi connectivity index (χ4v) is 19.7. The normalized spacial score (nSPS) is 11.7. The average molecular weight is 1520 g/mol. The van der Waals surface area contributed by atoms with Crippen LogP contribution in [0.5, 0.6) is 0 Å². The van der Waals surface area contributed by atoms with E-state index in [0.29, 0.717) is 11.1 Å². The Labute approximate surface area is 682 Å². The van der Waals surface area contributed by atoms with Crippen LogP contribution >= 0.6 is 11.3 Å². The minimum absolute atomic E-state index is 0.645. The summed E-state index contributed by atoms with van der Waals surface area (Å²) in [6.45, 7) is 0. The smallest absolute Gasteiger partial charge is 0.143 e. The first-order valence-electron chi connectivity index (χ1n) is 39.8. The van der Waals surface area contributed by atoms with Gasteiger partial charge in [-0.3, -0.25) is 0 Å². The van der Waals surface area contributed by atoms with E-state index >= 15 is 0 Å². The SMILES string of the molecule is N#Cc1cccc(-n2c3ccccc3c3cc(-c4cccc(-c5ccc6c(c5)c5cc(-c7cccc8c7sc7ccccc78)ccc5n6-c5ccccc5)c4)ccc32)c1.N#Cc1cccc(-n2c3ccccc3c3cc(-c4cccc(-c5ccc6c(c5)c5ccc(-c7cccc8c7oc7ccccc78)cc5n6-c5ccccc5)c4)ccc32)c1. The average Bonchev–Trinajstić information content (AvgIpc) is 1.59. The lowest BCUT2D eigenvalue weighted by Crippen LogP contribution is -1.94. The Kier molecular flexibility index (Phi) is 15.8. The lowest BCUT2D eigenvalue weighted by atomic mass is 9.96. The van der Waals surface area contributed by atoms with E-state index < -0.39 is 0 Å². The third-order valence-corrected chi connectivity index (χ3v) is 25.1. The monoisotopic (exact) mass is 1520 g/mol. The maximum absolute atomic E-state index is 9.65. The van der Waals surface area contributed by atoms with Crippen molar-refractivity contribution in [3.8, 4) is 102 Å². The van der Waals surface area contributed by atoms with Crippen LogP contribution in [0.25, 0.3) is 219 Å². The van der Waals surface area contributed by atoms with Gasteiger partial charge in [0.1, 0.15) is 11.2 Å². The number of thiophene rings is 1. The van der Waals surface area contributed by atoms with Gasteiger partial charge in [-0.05, 0) is 225 Å². The second-order valence-corrected chi connectivity index (χ2v) is 31.5. The third kappa shape index (κ3) is 11.1. The molecular formula is C110H66N6OS. The summed E-state index contributed by atoms with van der Waals surface area (Å²) >= 11 is 1.88. The molecule has 0 fully saturated rings. The van der Waals surface area contributed by atoms with Gasteiger partial charge in [0.2, 0.25) is 0 Å². The Hall–Kier alpha value is -15.8. The van der Waals surface area contributed by atoms with E-state index in [0.717, 1.165) is 117 Å². The van der Waals surface area contributed by atoms with Crippen LogP contribution < -0.4 is 0 Å². The zero-order chi connectivity index (χ0) is 78.1. The Morgan fingerprint density at radius 1 is 0.212 bits per heavy atom. The maximum Gasteiger partial charge on any atom is 0.143 e. The molecule has 548 valence electrons. The Bertz CT molecular complexity index is 8350.